The van der Waals surface area contributed by atoms with Crippen molar-refractivity contribution in [1.29, 1.82) is 0 Å². The lowest BCUT2D eigenvalue weighted by Crippen LogP contribution is -2.19. The molecule has 0 saturated heterocycles. The van der Waals surface area contributed by atoms with E-state index in [2.05, 4.69) is 61.4 Å². The normalized spacial score (nSPS) is 18.0. The SMILES string of the molecule is CC1=C(/C=C/C(C)=C\C=C/C(C)=C\C=N\NC(=O)c2ccncc2)C(C)(C)CCC1. The molecule has 1 aliphatic carbocycles. The van der Waals surface area contributed by atoms with Crippen LogP contribution in [0.25, 0.3) is 0 Å². The summed E-state index contributed by atoms with van der Waals surface area (Å²) in [5.74, 6) is -0.257. The van der Waals surface area contributed by atoms with E-state index in [-0.39, 0.29) is 11.3 Å². The molecule has 4 nitrogen and oxygen atoms in total. The number of nitrogens with one attached hydrogen (secondary N) is 1. The van der Waals surface area contributed by atoms with Gasteiger partial charge in [0.05, 0.1) is 0 Å². The van der Waals surface area contributed by atoms with Gasteiger partial charge in [-0.05, 0) is 74.8 Å². The van der Waals surface area contributed by atoms with Gasteiger partial charge in [0.15, 0.2) is 0 Å². The Balaban J connectivity index is 1.88. The summed E-state index contributed by atoms with van der Waals surface area (Å²) in [6, 6.07) is 3.29. The first-order chi connectivity index (χ1) is 14.3. The summed E-state index contributed by atoms with van der Waals surface area (Å²) >= 11 is 0. The Morgan fingerprint density at radius 2 is 1.83 bits per heavy atom. The Morgan fingerprint density at radius 3 is 2.53 bits per heavy atom. The van der Waals surface area contributed by atoms with E-state index >= 15 is 0 Å². The summed E-state index contributed by atoms with van der Waals surface area (Å²) in [6.45, 7) is 11.0. The molecule has 1 amide bonds. The van der Waals surface area contributed by atoms with Crippen LogP contribution in [0.4, 0.5) is 0 Å². The van der Waals surface area contributed by atoms with Crippen LogP contribution in [0.2, 0.25) is 0 Å². The zero-order valence-electron chi connectivity index (χ0n) is 18.8. The Kier molecular flexibility index (Phi) is 8.72. The zero-order valence-corrected chi connectivity index (χ0v) is 18.8. The average Bonchev–Trinajstić information content (AvgIpc) is 2.71. The average molecular weight is 404 g/mol. The molecule has 0 radical (unpaired) electrons. The molecule has 4 heteroatoms. The highest BCUT2D eigenvalue weighted by atomic mass is 16.2. The van der Waals surface area contributed by atoms with Crippen molar-refractivity contribution >= 4 is 12.1 Å². The Bertz CT molecular complexity index is 913. The molecule has 0 unspecified atom stereocenters. The molecular formula is C26H33N3O. The van der Waals surface area contributed by atoms with E-state index < -0.39 is 0 Å². The monoisotopic (exact) mass is 403 g/mol. The molecule has 158 valence electrons. The van der Waals surface area contributed by atoms with Gasteiger partial charge >= 0.3 is 0 Å². The second-order valence-electron chi connectivity index (χ2n) is 8.40. The fourth-order valence-corrected chi connectivity index (χ4v) is 3.51. The van der Waals surface area contributed by atoms with E-state index in [4.69, 9.17) is 0 Å². The number of hydrogen-bond acceptors (Lipinski definition) is 3. The second kappa shape index (κ2) is 11.2. The fraction of sp³-hybridized carbons (Fsp3) is 0.346. The number of carbonyl (C=O) groups is 1. The molecule has 1 aromatic heterocycles. The van der Waals surface area contributed by atoms with Crippen LogP contribution < -0.4 is 5.43 Å². The van der Waals surface area contributed by atoms with Gasteiger partial charge < -0.3 is 0 Å². The number of carbonyl (C=O) groups excluding carboxylic acids is 1. The summed E-state index contributed by atoms with van der Waals surface area (Å²) in [7, 11) is 0. The van der Waals surface area contributed by atoms with E-state index in [9.17, 15) is 4.79 Å². The molecule has 2 rings (SSSR count). The molecule has 0 atom stereocenters. The van der Waals surface area contributed by atoms with Crippen molar-refractivity contribution in [3.8, 4) is 0 Å². The first kappa shape index (κ1) is 23.3. The molecule has 0 saturated carbocycles. The fourth-order valence-electron chi connectivity index (χ4n) is 3.51. The number of hydrazone groups is 1. The van der Waals surface area contributed by atoms with Crippen molar-refractivity contribution in [2.24, 2.45) is 10.5 Å². The number of amides is 1. The molecule has 0 spiro atoms. The molecular weight excluding hydrogens is 370 g/mol. The number of aromatic nitrogens is 1. The molecule has 30 heavy (non-hydrogen) atoms. The van der Waals surface area contributed by atoms with Gasteiger partial charge in [-0.25, -0.2) is 5.43 Å². The minimum Gasteiger partial charge on any atom is -0.267 e. The standard InChI is InChI=1S/C26H33N3O/c1-20(11-12-24-22(3)10-7-16-26(24,4)5)8-6-9-21(2)13-19-28-29-25(30)23-14-17-27-18-15-23/h6,8-9,11-15,17-19H,7,10,16H2,1-5H3,(H,29,30)/b9-6-,12-11+,20-8-,21-13-,28-19+. The maximum atomic E-state index is 11.9. The maximum Gasteiger partial charge on any atom is 0.271 e. The van der Waals surface area contributed by atoms with Gasteiger partial charge in [-0.3, -0.25) is 9.78 Å². The molecule has 0 fully saturated rings. The third kappa shape index (κ3) is 7.43. The Labute approximate surface area is 180 Å². The molecule has 1 aromatic rings. The first-order valence-corrected chi connectivity index (χ1v) is 10.4. The van der Waals surface area contributed by atoms with Gasteiger partial charge in [-0.2, -0.15) is 5.10 Å². The summed E-state index contributed by atoms with van der Waals surface area (Å²) in [5, 5.41) is 3.95. The van der Waals surface area contributed by atoms with Gasteiger partial charge in [-0.1, -0.05) is 55.4 Å². The lowest BCUT2D eigenvalue weighted by molar-refractivity contribution is 0.0955. The van der Waals surface area contributed by atoms with Crippen LogP contribution in [0, 0.1) is 5.41 Å². The maximum absolute atomic E-state index is 11.9. The van der Waals surface area contributed by atoms with E-state index in [1.54, 1.807) is 30.7 Å². The van der Waals surface area contributed by atoms with E-state index in [0.717, 1.165) is 5.57 Å². The lowest BCUT2D eigenvalue weighted by atomic mass is 9.72. The zero-order chi connectivity index (χ0) is 22.0. The summed E-state index contributed by atoms with van der Waals surface area (Å²) < 4.78 is 0. The third-order valence-corrected chi connectivity index (χ3v) is 5.29. The predicted molar refractivity (Wildman–Crippen MR) is 126 cm³/mol. The first-order valence-electron chi connectivity index (χ1n) is 10.4. The van der Waals surface area contributed by atoms with Gasteiger partial charge in [0, 0.05) is 24.2 Å². The van der Waals surface area contributed by atoms with E-state index in [1.165, 1.54) is 36.0 Å². The van der Waals surface area contributed by atoms with Gasteiger partial charge in [0.25, 0.3) is 5.91 Å². The minimum absolute atomic E-state index is 0.257. The summed E-state index contributed by atoms with van der Waals surface area (Å²) in [6.07, 6.45) is 21.0. The number of rotatable bonds is 7. The van der Waals surface area contributed by atoms with Crippen LogP contribution in [0.5, 0.6) is 0 Å². The van der Waals surface area contributed by atoms with Crippen LogP contribution in [0.15, 0.2) is 88.4 Å². The van der Waals surface area contributed by atoms with Gasteiger partial charge in [0.2, 0.25) is 0 Å². The van der Waals surface area contributed by atoms with Crippen LogP contribution in [0.1, 0.15) is 64.2 Å². The second-order valence-corrected chi connectivity index (χ2v) is 8.40. The van der Waals surface area contributed by atoms with Crippen LogP contribution in [-0.4, -0.2) is 17.1 Å². The van der Waals surface area contributed by atoms with E-state index in [1.807, 2.05) is 25.2 Å². The number of hydrogen-bond donors (Lipinski definition) is 1. The smallest absolute Gasteiger partial charge is 0.267 e. The van der Waals surface area contributed by atoms with Crippen LogP contribution >= 0.6 is 0 Å². The van der Waals surface area contributed by atoms with Crippen molar-refractivity contribution < 1.29 is 4.79 Å². The largest absolute Gasteiger partial charge is 0.271 e. The quantitative estimate of drug-likeness (QED) is 0.329. The molecule has 1 aliphatic rings. The Hall–Kier alpha value is -3.01. The van der Waals surface area contributed by atoms with Gasteiger partial charge in [-0.15, -0.1) is 0 Å². The highest BCUT2D eigenvalue weighted by Crippen LogP contribution is 2.40. The highest BCUT2D eigenvalue weighted by molar-refractivity contribution is 5.94. The molecule has 1 N–H and O–H groups in total. The van der Waals surface area contributed by atoms with Crippen molar-refractivity contribution in [2.45, 2.75) is 53.9 Å². The molecule has 1 heterocycles. The number of allylic oxidation sites excluding steroid dienone is 10. The van der Waals surface area contributed by atoms with Crippen LogP contribution in [-0.2, 0) is 0 Å². The number of nitrogens with zero attached hydrogens (tertiary/aromatic N) is 2. The summed E-state index contributed by atoms with van der Waals surface area (Å²) in [5.41, 5.74) is 8.52. The number of pyridine rings is 1. The van der Waals surface area contributed by atoms with Crippen molar-refractivity contribution in [2.75, 3.05) is 0 Å². The predicted octanol–water partition coefficient (Wildman–Crippen LogP) is 6.33. The third-order valence-electron chi connectivity index (χ3n) is 5.29. The van der Waals surface area contributed by atoms with E-state index in [0.29, 0.717) is 5.56 Å². The topological polar surface area (TPSA) is 54.4 Å². The van der Waals surface area contributed by atoms with Crippen molar-refractivity contribution in [1.82, 2.24) is 10.4 Å². The molecule has 0 aliphatic heterocycles. The highest BCUT2D eigenvalue weighted by Gasteiger charge is 2.26. The summed E-state index contributed by atoms with van der Waals surface area (Å²) in [4.78, 5) is 15.8. The minimum atomic E-state index is -0.257. The van der Waals surface area contributed by atoms with Crippen molar-refractivity contribution in [3.05, 3.63) is 88.8 Å². The molecule has 0 bridgehead atoms. The molecule has 0 aromatic carbocycles. The van der Waals surface area contributed by atoms with Gasteiger partial charge in [0.1, 0.15) is 0 Å². The lowest BCUT2D eigenvalue weighted by Gasteiger charge is -2.32. The van der Waals surface area contributed by atoms with Crippen LogP contribution in [0.3, 0.4) is 0 Å². The Morgan fingerprint density at radius 1 is 1.13 bits per heavy atom. The van der Waals surface area contributed by atoms with Crippen molar-refractivity contribution in [3.63, 3.8) is 0 Å².